The van der Waals surface area contributed by atoms with Gasteiger partial charge in [-0.2, -0.15) is 0 Å². The third kappa shape index (κ3) is 5.15. The lowest BCUT2D eigenvalue weighted by molar-refractivity contribution is -0.130. The van der Waals surface area contributed by atoms with E-state index in [1.54, 1.807) is 23.1 Å². The summed E-state index contributed by atoms with van der Waals surface area (Å²) in [5.74, 6) is -0.473. The van der Waals surface area contributed by atoms with Crippen LogP contribution < -0.4 is 10.2 Å². The smallest absolute Gasteiger partial charge is 0.253 e. The van der Waals surface area contributed by atoms with Crippen LogP contribution in [0.3, 0.4) is 0 Å². The predicted octanol–water partition coefficient (Wildman–Crippen LogP) is 3.83. The number of nitrogens with one attached hydrogen (secondary N) is 1. The molecule has 3 rings (SSSR count). The summed E-state index contributed by atoms with van der Waals surface area (Å²) in [5.41, 5.74) is 1.43. The summed E-state index contributed by atoms with van der Waals surface area (Å²) >= 11 is 15.3. The number of carbonyl (C=O) groups excluding carboxylic acids is 2. The van der Waals surface area contributed by atoms with Crippen molar-refractivity contribution in [2.45, 2.75) is 0 Å². The Labute approximate surface area is 176 Å². The molecule has 1 saturated heterocycles. The lowest BCUT2D eigenvalue weighted by Crippen LogP contribution is -2.51. The maximum Gasteiger partial charge on any atom is 0.253 e. The highest BCUT2D eigenvalue weighted by Gasteiger charge is 2.22. The van der Waals surface area contributed by atoms with Crippen LogP contribution in [0.2, 0.25) is 10.0 Å². The summed E-state index contributed by atoms with van der Waals surface area (Å²) in [6.45, 7) is 2.63. The van der Waals surface area contributed by atoms with Gasteiger partial charge in [0.25, 0.3) is 5.91 Å². The van der Waals surface area contributed by atoms with Crippen LogP contribution in [-0.4, -0.2) is 49.4 Å². The second kappa shape index (κ2) is 8.95. The predicted molar refractivity (Wildman–Crippen MR) is 112 cm³/mol. The highest BCUT2D eigenvalue weighted by molar-refractivity contribution is 9.10. The summed E-state index contributed by atoms with van der Waals surface area (Å²) in [7, 11) is 0. The molecule has 2 aromatic rings. The number of rotatable bonds is 4. The number of hydrogen-bond donors (Lipinski definition) is 1. The summed E-state index contributed by atoms with van der Waals surface area (Å²) in [6, 6.07) is 12.7. The number of carbonyl (C=O) groups is 2. The van der Waals surface area contributed by atoms with Crippen LogP contribution in [0, 0.1) is 0 Å². The van der Waals surface area contributed by atoms with Crippen molar-refractivity contribution in [2.75, 3.05) is 37.6 Å². The van der Waals surface area contributed by atoms with Crippen molar-refractivity contribution in [1.82, 2.24) is 10.2 Å². The van der Waals surface area contributed by atoms with Crippen LogP contribution in [0.1, 0.15) is 10.4 Å². The molecule has 1 fully saturated rings. The van der Waals surface area contributed by atoms with Gasteiger partial charge in [0, 0.05) is 41.4 Å². The third-order valence-electron chi connectivity index (χ3n) is 4.40. The van der Waals surface area contributed by atoms with Crippen molar-refractivity contribution >= 4 is 56.6 Å². The number of amides is 2. The first-order valence-electron chi connectivity index (χ1n) is 8.45. The molecule has 1 aliphatic heterocycles. The maximum atomic E-state index is 12.4. The minimum absolute atomic E-state index is 0.0530. The van der Waals surface area contributed by atoms with Crippen molar-refractivity contribution in [3.8, 4) is 0 Å². The Morgan fingerprint density at radius 2 is 1.67 bits per heavy atom. The lowest BCUT2D eigenvalue weighted by Gasteiger charge is -2.36. The zero-order valence-electron chi connectivity index (χ0n) is 14.4. The molecule has 0 radical (unpaired) electrons. The van der Waals surface area contributed by atoms with Crippen LogP contribution in [0.15, 0.2) is 46.9 Å². The topological polar surface area (TPSA) is 52.7 Å². The van der Waals surface area contributed by atoms with Gasteiger partial charge in [-0.05, 0) is 42.5 Å². The summed E-state index contributed by atoms with van der Waals surface area (Å²) < 4.78 is 0.752. The van der Waals surface area contributed by atoms with Gasteiger partial charge in [-0.1, -0.05) is 39.1 Å². The fourth-order valence-corrected chi connectivity index (χ4v) is 3.59. The zero-order chi connectivity index (χ0) is 19.4. The molecule has 0 aliphatic carbocycles. The summed E-state index contributed by atoms with van der Waals surface area (Å²) in [5, 5.41) is 3.70. The van der Waals surface area contributed by atoms with Gasteiger partial charge in [-0.25, -0.2) is 0 Å². The molecule has 0 unspecified atom stereocenters. The van der Waals surface area contributed by atoms with E-state index in [2.05, 4.69) is 26.1 Å². The van der Waals surface area contributed by atoms with Crippen molar-refractivity contribution in [3.63, 3.8) is 0 Å². The second-order valence-electron chi connectivity index (χ2n) is 6.15. The number of piperazine rings is 1. The van der Waals surface area contributed by atoms with Crippen molar-refractivity contribution in [1.29, 1.82) is 0 Å². The van der Waals surface area contributed by atoms with Crippen molar-refractivity contribution in [3.05, 3.63) is 62.5 Å². The van der Waals surface area contributed by atoms with Crippen LogP contribution in [0.4, 0.5) is 5.69 Å². The van der Waals surface area contributed by atoms with E-state index in [4.69, 9.17) is 23.2 Å². The Morgan fingerprint density at radius 1 is 1.00 bits per heavy atom. The quantitative estimate of drug-likeness (QED) is 0.738. The van der Waals surface area contributed by atoms with Crippen LogP contribution in [0.5, 0.6) is 0 Å². The summed E-state index contributed by atoms with van der Waals surface area (Å²) in [4.78, 5) is 28.6. The molecule has 0 atom stereocenters. The third-order valence-corrected chi connectivity index (χ3v) is 5.47. The lowest BCUT2D eigenvalue weighted by atomic mass is 10.2. The molecule has 0 bridgehead atoms. The van der Waals surface area contributed by atoms with E-state index < -0.39 is 0 Å². The van der Waals surface area contributed by atoms with Gasteiger partial charge in [0.05, 0.1) is 17.1 Å². The molecule has 2 aromatic carbocycles. The van der Waals surface area contributed by atoms with E-state index in [0.29, 0.717) is 28.7 Å². The van der Waals surface area contributed by atoms with E-state index in [1.165, 1.54) is 0 Å². The van der Waals surface area contributed by atoms with Gasteiger partial charge < -0.3 is 15.1 Å². The van der Waals surface area contributed by atoms with Crippen molar-refractivity contribution in [2.24, 2.45) is 0 Å². The number of hydrogen-bond acceptors (Lipinski definition) is 3. The molecular formula is C19H18BrCl2N3O2. The molecule has 8 heteroatoms. The maximum absolute atomic E-state index is 12.4. The fourth-order valence-electron chi connectivity index (χ4n) is 2.90. The van der Waals surface area contributed by atoms with E-state index in [0.717, 1.165) is 23.2 Å². The molecule has 0 saturated carbocycles. The minimum atomic E-state index is -0.366. The highest BCUT2D eigenvalue weighted by Crippen LogP contribution is 2.21. The molecule has 1 heterocycles. The van der Waals surface area contributed by atoms with Crippen molar-refractivity contribution < 1.29 is 9.59 Å². The molecule has 27 heavy (non-hydrogen) atoms. The normalized spacial score (nSPS) is 14.2. The SMILES string of the molecule is O=C(NCC(=O)N1CCN(c2ccc(Cl)cc2)CC1)c1cc(Br)ccc1Cl. The van der Waals surface area contributed by atoms with E-state index in [1.807, 2.05) is 24.3 Å². The Hall–Kier alpha value is -1.76. The average molecular weight is 471 g/mol. The molecule has 5 nitrogen and oxygen atoms in total. The Balaban J connectivity index is 1.50. The van der Waals surface area contributed by atoms with Gasteiger partial charge in [0.2, 0.25) is 5.91 Å². The highest BCUT2D eigenvalue weighted by atomic mass is 79.9. The molecule has 1 aliphatic rings. The number of benzene rings is 2. The molecule has 142 valence electrons. The second-order valence-corrected chi connectivity index (χ2v) is 7.91. The standard InChI is InChI=1S/C19H18BrCl2N3O2/c20-13-1-6-17(22)16(11-13)19(27)23-12-18(26)25-9-7-24(8-10-25)15-4-2-14(21)3-5-15/h1-6,11H,7-10,12H2,(H,23,27). The Morgan fingerprint density at radius 3 is 2.33 bits per heavy atom. The summed E-state index contributed by atoms with van der Waals surface area (Å²) in [6.07, 6.45) is 0. The first-order valence-corrected chi connectivity index (χ1v) is 10.0. The molecule has 0 spiro atoms. The van der Waals surface area contributed by atoms with E-state index in [9.17, 15) is 9.59 Å². The van der Waals surface area contributed by atoms with Gasteiger partial charge in [-0.15, -0.1) is 0 Å². The van der Waals surface area contributed by atoms with Gasteiger partial charge in [-0.3, -0.25) is 9.59 Å². The molecule has 1 N–H and O–H groups in total. The van der Waals surface area contributed by atoms with Gasteiger partial charge in [0.1, 0.15) is 0 Å². The Kier molecular flexibility index (Phi) is 6.63. The van der Waals surface area contributed by atoms with Gasteiger partial charge >= 0.3 is 0 Å². The first-order chi connectivity index (χ1) is 12.9. The van der Waals surface area contributed by atoms with Crippen LogP contribution in [-0.2, 0) is 4.79 Å². The van der Waals surface area contributed by atoms with E-state index in [-0.39, 0.29) is 18.4 Å². The van der Waals surface area contributed by atoms with Crippen LogP contribution in [0.25, 0.3) is 0 Å². The average Bonchev–Trinajstić information content (AvgIpc) is 2.68. The monoisotopic (exact) mass is 469 g/mol. The largest absolute Gasteiger partial charge is 0.368 e. The van der Waals surface area contributed by atoms with E-state index >= 15 is 0 Å². The zero-order valence-corrected chi connectivity index (χ0v) is 17.5. The van der Waals surface area contributed by atoms with Gasteiger partial charge in [0.15, 0.2) is 0 Å². The van der Waals surface area contributed by atoms with Crippen LogP contribution >= 0.6 is 39.1 Å². The Bertz CT molecular complexity index is 837. The molecule has 2 amide bonds. The number of nitrogens with zero attached hydrogens (tertiary/aromatic N) is 2. The molecule has 0 aromatic heterocycles. The first kappa shape index (κ1) is 20.0. The molecular weight excluding hydrogens is 453 g/mol. The fraction of sp³-hybridized carbons (Fsp3) is 0.263. The number of halogens is 3. The minimum Gasteiger partial charge on any atom is -0.368 e. The number of anilines is 1.